The summed E-state index contributed by atoms with van der Waals surface area (Å²) >= 11 is 1.27. The smallest absolute Gasteiger partial charge is 0.243 e. The minimum absolute atomic E-state index is 0.117. The standard InChI is InChI=1S/C23H29N5O3S2/c1-6-28(7-2)33(30,31)18-13-12-17(4)20(14-18)24-21(29)15-32-23-26-25-22(27(23)5)19-11-9-8-10-16(19)3/h8-14H,6-7,15H2,1-5H3,(H,24,29). The Labute approximate surface area is 199 Å². The molecule has 0 saturated heterocycles. The number of sulfonamides is 1. The van der Waals surface area contributed by atoms with E-state index in [1.165, 1.54) is 22.1 Å². The second kappa shape index (κ2) is 10.5. The number of thioether (sulfide) groups is 1. The summed E-state index contributed by atoms with van der Waals surface area (Å²) < 4.78 is 28.9. The fourth-order valence-electron chi connectivity index (χ4n) is 3.42. The van der Waals surface area contributed by atoms with Gasteiger partial charge in [0.25, 0.3) is 0 Å². The first-order valence-corrected chi connectivity index (χ1v) is 13.1. The number of rotatable bonds is 9. The van der Waals surface area contributed by atoms with Gasteiger partial charge >= 0.3 is 0 Å². The Hall–Kier alpha value is -2.69. The molecule has 1 N–H and O–H groups in total. The third kappa shape index (κ3) is 5.45. The van der Waals surface area contributed by atoms with E-state index in [-0.39, 0.29) is 16.6 Å². The number of carbonyl (C=O) groups excluding carboxylic acids is 1. The fourth-order valence-corrected chi connectivity index (χ4v) is 5.62. The van der Waals surface area contributed by atoms with Crippen LogP contribution in [0.1, 0.15) is 25.0 Å². The van der Waals surface area contributed by atoms with E-state index in [1.807, 2.05) is 49.7 Å². The van der Waals surface area contributed by atoms with Crippen LogP contribution < -0.4 is 5.32 Å². The van der Waals surface area contributed by atoms with Crippen LogP contribution in [0.5, 0.6) is 0 Å². The van der Waals surface area contributed by atoms with E-state index >= 15 is 0 Å². The van der Waals surface area contributed by atoms with Crippen molar-refractivity contribution >= 4 is 33.4 Å². The lowest BCUT2D eigenvalue weighted by atomic mass is 10.1. The maximum absolute atomic E-state index is 12.8. The monoisotopic (exact) mass is 487 g/mol. The average molecular weight is 488 g/mol. The fraction of sp³-hybridized carbons (Fsp3) is 0.348. The maximum Gasteiger partial charge on any atom is 0.243 e. The molecule has 0 bridgehead atoms. The number of aromatic nitrogens is 3. The van der Waals surface area contributed by atoms with Gasteiger partial charge in [-0.3, -0.25) is 4.79 Å². The molecule has 0 aliphatic carbocycles. The minimum Gasteiger partial charge on any atom is -0.325 e. The van der Waals surface area contributed by atoms with Crippen LogP contribution in [0.2, 0.25) is 0 Å². The van der Waals surface area contributed by atoms with Crippen LogP contribution in [0.4, 0.5) is 5.69 Å². The van der Waals surface area contributed by atoms with Crippen molar-refractivity contribution in [3.8, 4) is 11.4 Å². The second-order valence-electron chi connectivity index (χ2n) is 7.58. The topological polar surface area (TPSA) is 97.2 Å². The molecule has 0 unspecified atom stereocenters. The Morgan fingerprint density at radius 2 is 1.76 bits per heavy atom. The maximum atomic E-state index is 12.8. The third-order valence-electron chi connectivity index (χ3n) is 5.38. The first-order valence-electron chi connectivity index (χ1n) is 10.7. The zero-order chi connectivity index (χ0) is 24.2. The Morgan fingerprint density at radius 3 is 2.42 bits per heavy atom. The van der Waals surface area contributed by atoms with Crippen molar-refractivity contribution in [1.29, 1.82) is 0 Å². The van der Waals surface area contributed by atoms with Gasteiger partial charge in [-0.15, -0.1) is 10.2 Å². The lowest BCUT2D eigenvalue weighted by Gasteiger charge is -2.19. The van der Waals surface area contributed by atoms with Crippen molar-refractivity contribution in [3.05, 3.63) is 53.6 Å². The van der Waals surface area contributed by atoms with Crippen LogP contribution in [0, 0.1) is 13.8 Å². The molecule has 1 aromatic heterocycles. The molecule has 0 radical (unpaired) electrons. The van der Waals surface area contributed by atoms with Crippen LogP contribution in [0.25, 0.3) is 11.4 Å². The van der Waals surface area contributed by atoms with Crippen LogP contribution in [-0.2, 0) is 21.9 Å². The lowest BCUT2D eigenvalue weighted by Crippen LogP contribution is -2.30. The number of hydrogen-bond donors (Lipinski definition) is 1. The van der Waals surface area contributed by atoms with Crippen molar-refractivity contribution in [3.63, 3.8) is 0 Å². The van der Waals surface area contributed by atoms with Crippen LogP contribution in [-0.4, -0.2) is 52.2 Å². The molecule has 10 heteroatoms. The quantitative estimate of drug-likeness (QED) is 0.460. The van der Waals surface area contributed by atoms with Crippen molar-refractivity contribution in [2.24, 2.45) is 7.05 Å². The molecule has 1 heterocycles. The molecule has 176 valence electrons. The first kappa shape index (κ1) is 24.9. The number of anilines is 1. The van der Waals surface area contributed by atoms with Crippen molar-refractivity contribution in [1.82, 2.24) is 19.1 Å². The Balaban J connectivity index is 1.72. The van der Waals surface area contributed by atoms with Gasteiger partial charge in [0.1, 0.15) is 0 Å². The van der Waals surface area contributed by atoms with E-state index in [2.05, 4.69) is 15.5 Å². The molecular weight excluding hydrogens is 458 g/mol. The van der Waals surface area contributed by atoms with Gasteiger partial charge in [0.05, 0.1) is 10.6 Å². The molecule has 0 aliphatic heterocycles. The average Bonchev–Trinajstić information content (AvgIpc) is 3.14. The number of hydrogen-bond acceptors (Lipinski definition) is 6. The van der Waals surface area contributed by atoms with Crippen LogP contribution in [0.3, 0.4) is 0 Å². The molecule has 0 fully saturated rings. The summed E-state index contributed by atoms with van der Waals surface area (Å²) in [7, 11) is -1.74. The molecule has 0 saturated carbocycles. The first-order chi connectivity index (χ1) is 15.7. The number of amides is 1. The Bertz CT molecular complexity index is 1250. The highest BCUT2D eigenvalue weighted by Gasteiger charge is 2.22. The molecule has 1 amide bonds. The molecular formula is C23H29N5O3S2. The molecule has 3 aromatic rings. The highest BCUT2D eigenvalue weighted by atomic mass is 32.2. The summed E-state index contributed by atoms with van der Waals surface area (Å²) in [6.45, 7) is 8.20. The predicted octanol–water partition coefficient (Wildman–Crippen LogP) is 3.86. The van der Waals surface area contributed by atoms with Gasteiger partial charge in [-0.05, 0) is 37.1 Å². The van der Waals surface area contributed by atoms with Gasteiger partial charge < -0.3 is 9.88 Å². The Morgan fingerprint density at radius 1 is 1.06 bits per heavy atom. The Kier molecular flexibility index (Phi) is 7.93. The molecule has 0 spiro atoms. The van der Waals surface area contributed by atoms with Crippen molar-refractivity contribution in [2.75, 3.05) is 24.2 Å². The summed E-state index contributed by atoms with van der Waals surface area (Å²) in [5.74, 6) is 0.605. The molecule has 33 heavy (non-hydrogen) atoms. The summed E-state index contributed by atoms with van der Waals surface area (Å²) in [4.78, 5) is 12.8. The van der Waals surface area contributed by atoms with Gasteiger partial charge in [0.2, 0.25) is 15.9 Å². The molecule has 0 aliphatic rings. The predicted molar refractivity (Wildman–Crippen MR) is 132 cm³/mol. The van der Waals surface area contributed by atoms with Crippen LogP contribution >= 0.6 is 11.8 Å². The molecule has 0 atom stereocenters. The van der Waals surface area contributed by atoms with Gasteiger partial charge in [0.15, 0.2) is 11.0 Å². The highest BCUT2D eigenvalue weighted by Crippen LogP contribution is 2.26. The van der Waals surface area contributed by atoms with E-state index in [4.69, 9.17) is 0 Å². The van der Waals surface area contributed by atoms with E-state index in [0.717, 1.165) is 22.5 Å². The van der Waals surface area contributed by atoms with E-state index < -0.39 is 10.0 Å². The normalized spacial score (nSPS) is 11.7. The largest absolute Gasteiger partial charge is 0.325 e. The number of carbonyl (C=O) groups is 1. The van der Waals surface area contributed by atoms with E-state index in [1.54, 1.807) is 26.0 Å². The number of benzene rings is 2. The van der Waals surface area contributed by atoms with Gasteiger partial charge in [0, 0.05) is 31.4 Å². The SMILES string of the molecule is CCN(CC)S(=O)(=O)c1ccc(C)c(NC(=O)CSc2nnc(-c3ccccc3C)n2C)c1. The van der Waals surface area contributed by atoms with Gasteiger partial charge in [-0.25, -0.2) is 8.42 Å². The second-order valence-corrected chi connectivity index (χ2v) is 10.5. The van der Waals surface area contributed by atoms with Crippen molar-refractivity contribution < 1.29 is 13.2 Å². The minimum atomic E-state index is -3.61. The van der Waals surface area contributed by atoms with Crippen LogP contribution in [0.15, 0.2) is 52.5 Å². The van der Waals surface area contributed by atoms with Crippen molar-refractivity contribution in [2.45, 2.75) is 37.7 Å². The molecule has 3 rings (SSSR count). The number of nitrogens with one attached hydrogen (secondary N) is 1. The lowest BCUT2D eigenvalue weighted by molar-refractivity contribution is -0.113. The summed E-state index contributed by atoms with van der Waals surface area (Å²) in [5, 5.41) is 12.0. The van der Waals surface area contributed by atoms with Gasteiger partial charge in [-0.2, -0.15) is 4.31 Å². The molecule has 8 nitrogen and oxygen atoms in total. The molecule has 2 aromatic carbocycles. The third-order valence-corrected chi connectivity index (χ3v) is 8.45. The zero-order valence-electron chi connectivity index (χ0n) is 19.5. The number of aryl methyl sites for hydroxylation is 2. The summed E-state index contributed by atoms with van der Waals surface area (Å²) in [5.41, 5.74) is 3.35. The number of nitrogens with zero attached hydrogens (tertiary/aromatic N) is 4. The van der Waals surface area contributed by atoms with E-state index in [0.29, 0.717) is 23.9 Å². The van der Waals surface area contributed by atoms with E-state index in [9.17, 15) is 13.2 Å². The van der Waals surface area contributed by atoms with Gasteiger partial charge in [-0.1, -0.05) is 55.9 Å². The summed E-state index contributed by atoms with van der Waals surface area (Å²) in [6, 6.07) is 12.7. The zero-order valence-corrected chi connectivity index (χ0v) is 21.1. The highest BCUT2D eigenvalue weighted by molar-refractivity contribution is 7.99. The summed E-state index contributed by atoms with van der Waals surface area (Å²) in [6.07, 6.45) is 0.